The number of aromatic amines is 2. The van der Waals surface area contributed by atoms with Gasteiger partial charge in [-0.3, -0.25) is 0 Å². The molecule has 6 aromatic rings. The van der Waals surface area contributed by atoms with E-state index in [1.807, 2.05) is 0 Å². The van der Waals surface area contributed by atoms with Gasteiger partial charge in [-0.05, 0) is 76.6 Å². The molecule has 0 aliphatic carbocycles. The number of fused-ring (bicyclic) bond motifs is 6. The van der Waals surface area contributed by atoms with Gasteiger partial charge in [-0.25, -0.2) is 9.98 Å². The summed E-state index contributed by atoms with van der Waals surface area (Å²) in [6, 6.07) is 46.9. The van der Waals surface area contributed by atoms with Gasteiger partial charge >= 0.3 is 0 Å². The molecule has 0 amide bonds. The fourth-order valence-corrected chi connectivity index (χ4v) is 7.70. The summed E-state index contributed by atoms with van der Waals surface area (Å²) in [5.74, 6) is 0.254. The van der Waals surface area contributed by atoms with Crippen molar-refractivity contribution in [1.29, 1.82) is 0 Å². The molecule has 0 saturated heterocycles. The van der Waals surface area contributed by atoms with Crippen LogP contribution < -0.4 is 10.7 Å². The van der Waals surface area contributed by atoms with E-state index in [9.17, 15) is 0 Å². The van der Waals surface area contributed by atoms with Crippen LogP contribution in [-0.4, -0.2) is 21.4 Å². The molecule has 0 spiro atoms. The summed E-state index contributed by atoms with van der Waals surface area (Å²) < 4.78 is 0. The minimum absolute atomic E-state index is 0.254. The Labute approximate surface area is 304 Å². The number of aromatic nitrogens is 2. The third-order valence-corrected chi connectivity index (χ3v) is 10.3. The number of hydrogen-bond donors (Lipinski definition) is 2. The minimum Gasteiger partial charge on any atom is -0.360 e. The van der Waals surface area contributed by atoms with Gasteiger partial charge in [-0.2, -0.15) is 0 Å². The lowest BCUT2D eigenvalue weighted by atomic mass is 9.85. The van der Waals surface area contributed by atoms with E-state index in [1.165, 1.54) is 5.56 Å². The largest absolute Gasteiger partial charge is 0.360 e. The molecule has 4 nitrogen and oxygen atoms in total. The molecular weight excluding hydrogens is 633 g/mol. The van der Waals surface area contributed by atoms with Crippen molar-refractivity contribution in [3.8, 4) is 0 Å². The number of allylic oxidation sites excluding steroid dienone is 4. The van der Waals surface area contributed by atoms with Gasteiger partial charge in [0.05, 0.1) is 28.5 Å². The molecule has 9 rings (SSSR count). The van der Waals surface area contributed by atoms with Crippen molar-refractivity contribution in [3.63, 3.8) is 0 Å². The molecule has 52 heavy (non-hydrogen) atoms. The van der Waals surface area contributed by atoms with E-state index in [0.717, 1.165) is 95.7 Å². The fraction of sp³-hybridized carbons (Fsp3) is 0.0833. The quantitative estimate of drug-likeness (QED) is 0.177. The van der Waals surface area contributed by atoms with Gasteiger partial charge in [0.2, 0.25) is 0 Å². The predicted molar refractivity (Wildman–Crippen MR) is 216 cm³/mol. The van der Waals surface area contributed by atoms with E-state index in [4.69, 9.17) is 9.98 Å². The molecule has 0 saturated carbocycles. The highest BCUT2D eigenvalue weighted by Gasteiger charge is 2.28. The van der Waals surface area contributed by atoms with Crippen molar-refractivity contribution < 1.29 is 0 Å². The van der Waals surface area contributed by atoms with Gasteiger partial charge in [0, 0.05) is 44.8 Å². The van der Waals surface area contributed by atoms with Crippen LogP contribution in [0.1, 0.15) is 65.3 Å². The number of nitrogens with zero attached hydrogens (tertiary/aromatic N) is 2. The Morgan fingerprint density at radius 2 is 0.923 bits per heavy atom. The second kappa shape index (κ2) is 13.3. The highest BCUT2D eigenvalue weighted by molar-refractivity contribution is 6.31. The zero-order valence-corrected chi connectivity index (χ0v) is 29.3. The second-order valence-electron chi connectivity index (χ2n) is 13.5. The molecule has 2 aromatic heterocycles. The molecule has 2 N–H and O–H groups in total. The molecule has 3 aliphatic rings. The Morgan fingerprint density at radius 1 is 0.500 bits per heavy atom. The fourth-order valence-electron chi connectivity index (χ4n) is 7.70. The lowest BCUT2D eigenvalue weighted by Crippen LogP contribution is -2.21. The summed E-state index contributed by atoms with van der Waals surface area (Å²) in [7, 11) is 0. The summed E-state index contributed by atoms with van der Waals surface area (Å²) in [5.41, 5.74) is 16.0. The SMILES string of the molecule is CCC(C)c1c2c[nH]c1C(c1ccccc1)=C1C=CC(=N1)C(c1ccccc1)=c1ccc([nH]1)=C(c1ccccc1)C1=NC(=C2c2ccccc2)C=C1. The highest BCUT2D eigenvalue weighted by Crippen LogP contribution is 2.43. The van der Waals surface area contributed by atoms with Crippen molar-refractivity contribution in [2.45, 2.75) is 26.2 Å². The molecule has 0 fully saturated rings. The number of benzene rings is 4. The molecule has 1 atom stereocenters. The summed E-state index contributed by atoms with van der Waals surface area (Å²) in [5, 5.41) is 2.00. The molecule has 4 heteroatoms. The lowest BCUT2D eigenvalue weighted by molar-refractivity contribution is 0.730. The second-order valence-corrected chi connectivity index (χ2v) is 13.5. The Bertz CT molecular complexity index is 2450. The van der Waals surface area contributed by atoms with Crippen LogP contribution in [0.2, 0.25) is 0 Å². The molecule has 1 unspecified atom stereocenters. The van der Waals surface area contributed by atoms with Gasteiger partial charge in [-0.15, -0.1) is 0 Å². The number of rotatable bonds is 6. The van der Waals surface area contributed by atoms with Gasteiger partial charge in [0.1, 0.15) is 0 Å². The Hall–Kier alpha value is -6.52. The monoisotopic (exact) mass is 670 g/mol. The van der Waals surface area contributed by atoms with E-state index in [-0.39, 0.29) is 5.92 Å². The van der Waals surface area contributed by atoms with E-state index in [0.29, 0.717) is 0 Å². The van der Waals surface area contributed by atoms with Crippen molar-refractivity contribution in [2.75, 3.05) is 0 Å². The van der Waals surface area contributed by atoms with Gasteiger partial charge in [-0.1, -0.05) is 135 Å². The van der Waals surface area contributed by atoms with E-state index in [2.05, 4.69) is 188 Å². The van der Waals surface area contributed by atoms with Crippen LogP contribution in [0.5, 0.6) is 0 Å². The van der Waals surface area contributed by atoms with Crippen molar-refractivity contribution in [2.24, 2.45) is 9.98 Å². The molecule has 8 bridgehead atoms. The first kappa shape index (κ1) is 31.5. The predicted octanol–water partition coefficient (Wildman–Crippen LogP) is 9.51. The molecular formula is C48H38N4. The third kappa shape index (κ3) is 5.50. The van der Waals surface area contributed by atoms with E-state index in [1.54, 1.807) is 0 Å². The summed E-state index contributed by atoms with van der Waals surface area (Å²) in [4.78, 5) is 18.6. The Kier molecular flexibility index (Phi) is 8.05. The zero-order chi connectivity index (χ0) is 35.0. The van der Waals surface area contributed by atoms with Crippen LogP contribution in [0.4, 0.5) is 0 Å². The van der Waals surface area contributed by atoms with Crippen LogP contribution in [0.25, 0.3) is 22.3 Å². The highest BCUT2D eigenvalue weighted by atomic mass is 14.8. The third-order valence-electron chi connectivity index (χ3n) is 10.3. The van der Waals surface area contributed by atoms with Gasteiger partial charge in [0.25, 0.3) is 0 Å². The average molecular weight is 671 g/mol. The number of nitrogens with one attached hydrogen (secondary N) is 2. The van der Waals surface area contributed by atoms with Crippen LogP contribution in [-0.2, 0) is 0 Å². The molecule has 0 radical (unpaired) electrons. The van der Waals surface area contributed by atoms with Crippen molar-refractivity contribution in [3.05, 3.63) is 225 Å². The minimum atomic E-state index is 0.254. The molecule has 4 aromatic carbocycles. The first-order chi connectivity index (χ1) is 25.7. The van der Waals surface area contributed by atoms with Crippen LogP contribution >= 0.6 is 0 Å². The standard InChI is InChI=1S/C48H38N4/c1-3-31(2)43-36-30-49-48(43)47(35-22-14-7-15-23-35)42-29-28-41(52-42)46(34-20-12-6-13-21-34)40-27-26-39(51-40)45(33-18-10-5-11-19-33)38-25-24-37(50-38)44(36)32-16-8-4-9-17-32/h4-31,49,51H,3H2,1-2H3. The molecule has 3 aliphatic heterocycles. The lowest BCUT2D eigenvalue weighted by Gasteiger charge is -2.19. The average Bonchev–Trinajstić information content (AvgIpc) is 4.04. The molecule has 5 heterocycles. The summed E-state index contributed by atoms with van der Waals surface area (Å²) >= 11 is 0. The summed E-state index contributed by atoms with van der Waals surface area (Å²) in [6.07, 6.45) is 11.9. The maximum absolute atomic E-state index is 5.48. The Balaban J connectivity index is 1.46. The maximum atomic E-state index is 5.48. The smallest absolute Gasteiger partial charge is 0.0737 e. The van der Waals surface area contributed by atoms with Crippen LogP contribution in [0.3, 0.4) is 0 Å². The topological polar surface area (TPSA) is 56.3 Å². The maximum Gasteiger partial charge on any atom is 0.0737 e. The first-order valence-electron chi connectivity index (χ1n) is 18.1. The molecule has 250 valence electrons. The van der Waals surface area contributed by atoms with E-state index < -0.39 is 0 Å². The van der Waals surface area contributed by atoms with Gasteiger partial charge < -0.3 is 9.97 Å². The zero-order valence-electron chi connectivity index (χ0n) is 29.3. The van der Waals surface area contributed by atoms with Gasteiger partial charge in [0.15, 0.2) is 0 Å². The first-order valence-corrected chi connectivity index (χ1v) is 18.1. The number of hydrogen-bond acceptors (Lipinski definition) is 2. The number of H-pyrrole nitrogens is 2. The normalized spacial score (nSPS) is 15.7. The van der Waals surface area contributed by atoms with Crippen LogP contribution in [0.15, 0.2) is 185 Å². The summed E-state index contributed by atoms with van der Waals surface area (Å²) in [6.45, 7) is 4.60. The van der Waals surface area contributed by atoms with Crippen LogP contribution in [0, 0.1) is 0 Å². The number of aliphatic imine (C=N–C) groups is 2. The van der Waals surface area contributed by atoms with E-state index >= 15 is 0 Å². The van der Waals surface area contributed by atoms with Crippen molar-refractivity contribution >= 4 is 33.7 Å². The van der Waals surface area contributed by atoms with Crippen molar-refractivity contribution in [1.82, 2.24) is 9.97 Å². The Morgan fingerprint density at radius 3 is 1.38 bits per heavy atom.